The van der Waals surface area contributed by atoms with Crippen molar-refractivity contribution in [3.8, 4) is 0 Å². The number of esters is 1. The average molecular weight is 387 g/mol. The van der Waals surface area contributed by atoms with Crippen molar-refractivity contribution in [1.82, 2.24) is 0 Å². The van der Waals surface area contributed by atoms with Crippen LogP contribution in [0.15, 0.2) is 11.6 Å². The van der Waals surface area contributed by atoms with Crippen molar-refractivity contribution >= 4 is 17.5 Å². The van der Waals surface area contributed by atoms with E-state index in [0.717, 1.165) is 38.5 Å². The molecular formula is C24H34O4. The molecule has 0 aromatic heterocycles. The third-order valence-electron chi connectivity index (χ3n) is 9.23. The molecule has 4 nitrogen and oxygen atoms in total. The van der Waals surface area contributed by atoms with Gasteiger partial charge in [0.05, 0.1) is 0 Å². The molecule has 0 aliphatic heterocycles. The Balaban J connectivity index is 1.69. The van der Waals surface area contributed by atoms with Crippen LogP contribution in [-0.2, 0) is 19.1 Å². The van der Waals surface area contributed by atoms with Crippen molar-refractivity contribution < 1.29 is 19.1 Å². The average Bonchev–Trinajstić information content (AvgIpc) is 2.95. The van der Waals surface area contributed by atoms with Crippen LogP contribution in [0.4, 0.5) is 0 Å². The van der Waals surface area contributed by atoms with Crippen LogP contribution in [0.25, 0.3) is 0 Å². The molecular weight excluding hydrogens is 352 g/mol. The van der Waals surface area contributed by atoms with Crippen LogP contribution in [0.3, 0.4) is 0 Å². The standard InChI is InChI=1S/C24H34O4/c1-5-21(27)28-24(15(2)25)13-10-20-18-7-6-16-14-17(26)8-11-22(16,3)19(18)9-12-23(20,24)4/h14,18-20H,5-13H2,1-4H3. The zero-order valence-corrected chi connectivity index (χ0v) is 17.8. The SMILES string of the molecule is CCC(=O)OC1(C(C)=O)CCC2C3CCC4=CC(=O)CCC4(C)C3CCC21C. The maximum atomic E-state index is 12.8. The molecule has 6 unspecified atom stereocenters. The van der Waals surface area contributed by atoms with Gasteiger partial charge in [0.25, 0.3) is 0 Å². The van der Waals surface area contributed by atoms with Gasteiger partial charge < -0.3 is 4.74 Å². The Morgan fingerprint density at radius 3 is 2.46 bits per heavy atom. The second-order valence-electron chi connectivity index (χ2n) is 10.2. The fourth-order valence-corrected chi connectivity index (χ4v) is 7.64. The third-order valence-corrected chi connectivity index (χ3v) is 9.23. The summed E-state index contributed by atoms with van der Waals surface area (Å²) in [6.45, 7) is 7.98. The summed E-state index contributed by atoms with van der Waals surface area (Å²) in [6, 6.07) is 0. The normalized spacial score (nSPS) is 44.8. The highest BCUT2D eigenvalue weighted by Gasteiger charge is 2.67. The molecule has 4 aliphatic rings. The van der Waals surface area contributed by atoms with Crippen LogP contribution in [-0.4, -0.2) is 23.1 Å². The van der Waals surface area contributed by atoms with Gasteiger partial charge in [0.2, 0.25) is 0 Å². The van der Waals surface area contributed by atoms with Crippen LogP contribution < -0.4 is 0 Å². The van der Waals surface area contributed by atoms with Crippen LogP contribution in [0.1, 0.15) is 85.5 Å². The van der Waals surface area contributed by atoms with E-state index in [-0.39, 0.29) is 28.4 Å². The topological polar surface area (TPSA) is 60.4 Å². The molecule has 0 aromatic rings. The van der Waals surface area contributed by atoms with Crippen molar-refractivity contribution in [2.45, 2.75) is 91.1 Å². The van der Waals surface area contributed by atoms with Crippen molar-refractivity contribution in [2.24, 2.45) is 28.6 Å². The zero-order chi connectivity index (χ0) is 20.3. The quantitative estimate of drug-likeness (QED) is 0.654. The van der Waals surface area contributed by atoms with Gasteiger partial charge in [-0.05, 0) is 81.1 Å². The third kappa shape index (κ3) is 2.52. The first-order chi connectivity index (χ1) is 13.2. The lowest BCUT2D eigenvalue weighted by atomic mass is 9.46. The van der Waals surface area contributed by atoms with Gasteiger partial charge in [-0.3, -0.25) is 14.4 Å². The lowest BCUT2D eigenvalue weighted by molar-refractivity contribution is -0.188. The van der Waals surface area contributed by atoms with E-state index < -0.39 is 5.60 Å². The van der Waals surface area contributed by atoms with Crippen molar-refractivity contribution in [2.75, 3.05) is 0 Å². The van der Waals surface area contributed by atoms with E-state index in [4.69, 9.17) is 4.74 Å². The van der Waals surface area contributed by atoms with Crippen LogP contribution in [0, 0.1) is 28.6 Å². The minimum atomic E-state index is -0.949. The number of hydrogen-bond donors (Lipinski definition) is 0. The van der Waals surface area contributed by atoms with Gasteiger partial charge in [-0.1, -0.05) is 26.3 Å². The predicted molar refractivity (Wildman–Crippen MR) is 107 cm³/mol. The highest BCUT2D eigenvalue weighted by atomic mass is 16.6. The lowest BCUT2D eigenvalue weighted by Crippen LogP contribution is -2.58. The Morgan fingerprint density at radius 1 is 1.07 bits per heavy atom. The molecule has 0 amide bonds. The fourth-order valence-electron chi connectivity index (χ4n) is 7.64. The molecule has 28 heavy (non-hydrogen) atoms. The number of carbonyl (C=O) groups excluding carboxylic acids is 3. The minimum absolute atomic E-state index is 0.0172. The smallest absolute Gasteiger partial charge is 0.306 e. The van der Waals surface area contributed by atoms with Gasteiger partial charge in [-0.2, -0.15) is 0 Å². The summed E-state index contributed by atoms with van der Waals surface area (Å²) in [7, 11) is 0. The lowest BCUT2D eigenvalue weighted by Gasteiger charge is -2.59. The van der Waals surface area contributed by atoms with Crippen LogP contribution in [0.5, 0.6) is 0 Å². The van der Waals surface area contributed by atoms with E-state index in [2.05, 4.69) is 13.8 Å². The molecule has 0 heterocycles. The molecule has 0 radical (unpaired) electrons. The zero-order valence-electron chi connectivity index (χ0n) is 17.8. The maximum Gasteiger partial charge on any atom is 0.306 e. The monoisotopic (exact) mass is 386 g/mol. The first kappa shape index (κ1) is 19.8. The van der Waals surface area contributed by atoms with Gasteiger partial charge in [0, 0.05) is 18.3 Å². The molecule has 4 heteroatoms. The van der Waals surface area contributed by atoms with Crippen molar-refractivity contribution in [3.63, 3.8) is 0 Å². The second-order valence-corrected chi connectivity index (χ2v) is 10.2. The molecule has 154 valence electrons. The molecule has 4 aliphatic carbocycles. The number of hydrogen-bond acceptors (Lipinski definition) is 4. The second kappa shape index (κ2) is 6.53. The molecule has 6 atom stereocenters. The summed E-state index contributed by atoms with van der Waals surface area (Å²) >= 11 is 0. The molecule has 0 spiro atoms. The number of Topliss-reactive ketones (excluding diaryl/α,β-unsaturated/α-hetero) is 1. The van der Waals surface area contributed by atoms with Crippen LogP contribution in [0.2, 0.25) is 0 Å². The fraction of sp³-hybridized carbons (Fsp3) is 0.792. The van der Waals surface area contributed by atoms with Crippen molar-refractivity contribution in [1.29, 1.82) is 0 Å². The summed E-state index contributed by atoms with van der Waals surface area (Å²) in [6.07, 6.45) is 9.56. The molecule has 0 bridgehead atoms. The molecule has 4 rings (SSSR count). The van der Waals surface area contributed by atoms with Gasteiger partial charge in [0.15, 0.2) is 17.2 Å². The van der Waals surface area contributed by atoms with E-state index in [9.17, 15) is 14.4 Å². The van der Waals surface area contributed by atoms with E-state index in [1.165, 1.54) is 5.57 Å². The highest BCUT2D eigenvalue weighted by Crippen LogP contribution is 2.68. The van der Waals surface area contributed by atoms with E-state index in [1.807, 2.05) is 6.08 Å². The summed E-state index contributed by atoms with van der Waals surface area (Å²) in [4.78, 5) is 37.1. The summed E-state index contributed by atoms with van der Waals surface area (Å²) < 4.78 is 5.96. The number of ketones is 2. The Bertz CT molecular complexity index is 752. The number of carbonyl (C=O) groups is 3. The largest absolute Gasteiger partial charge is 0.450 e. The summed E-state index contributed by atoms with van der Waals surface area (Å²) in [5.74, 6) is 1.58. The molecule has 0 aromatic carbocycles. The Labute approximate surface area is 168 Å². The first-order valence-electron chi connectivity index (χ1n) is 11.1. The van der Waals surface area contributed by atoms with E-state index in [0.29, 0.717) is 37.0 Å². The van der Waals surface area contributed by atoms with Gasteiger partial charge >= 0.3 is 5.97 Å². The minimum Gasteiger partial charge on any atom is -0.450 e. The molecule has 0 N–H and O–H groups in total. The van der Waals surface area contributed by atoms with Gasteiger partial charge in [-0.15, -0.1) is 0 Å². The van der Waals surface area contributed by atoms with Crippen LogP contribution >= 0.6 is 0 Å². The first-order valence-corrected chi connectivity index (χ1v) is 11.1. The highest BCUT2D eigenvalue weighted by molar-refractivity contribution is 5.91. The van der Waals surface area contributed by atoms with Crippen molar-refractivity contribution in [3.05, 3.63) is 11.6 Å². The predicted octanol–water partition coefficient (Wildman–Crippen LogP) is 4.80. The number of fused-ring (bicyclic) bond motifs is 5. The molecule has 0 saturated heterocycles. The van der Waals surface area contributed by atoms with E-state index in [1.54, 1.807) is 13.8 Å². The number of allylic oxidation sites excluding steroid dienone is 1. The summed E-state index contributed by atoms with van der Waals surface area (Å²) in [5, 5.41) is 0. The number of rotatable bonds is 3. The number of ether oxygens (including phenoxy) is 1. The Hall–Kier alpha value is -1.45. The summed E-state index contributed by atoms with van der Waals surface area (Å²) in [5.41, 5.74) is 0.267. The Morgan fingerprint density at radius 2 is 1.79 bits per heavy atom. The van der Waals surface area contributed by atoms with Gasteiger partial charge in [-0.25, -0.2) is 0 Å². The van der Waals surface area contributed by atoms with E-state index >= 15 is 0 Å². The molecule has 3 fully saturated rings. The maximum absolute atomic E-state index is 12.8. The molecule has 3 saturated carbocycles. The van der Waals surface area contributed by atoms with Gasteiger partial charge in [0.1, 0.15) is 0 Å². The Kier molecular flexibility index (Phi) is 4.63.